The monoisotopic (exact) mass is 263 g/mol. The first-order chi connectivity index (χ1) is 8.82. The minimum atomic E-state index is 0.0711. The molecule has 0 unspecified atom stereocenters. The van der Waals surface area contributed by atoms with E-state index in [1.807, 2.05) is 6.92 Å². The Bertz CT molecular complexity index is 369. The van der Waals surface area contributed by atoms with E-state index in [0.29, 0.717) is 0 Å². The highest BCUT2D eigenvalue weighted by Crippen LogP contribution is 2.11. The van der Waals surface area contributed by atoms with Crippen molar-refractivity contribution in [2.24, 2.45) is 0 Å². The van der Waals surface area contributed by atoms with Crippen molar-refractivity contribution in [2.45, 2.75) is 53.4 Å². The zero-order valence-electron chi connectivity index (χ0n) is 13.4. The summed E-state index contributed by atoms with van der Waals surface area (Å²) >= 11 is 0. The van der Waals surface area contributed by atoms with Crippen LogP contribution in [0.1, 0.15) is 53.4 Å². The number of carbonyl (C=O) groups excluding carboxylic acids is 1. The molecule has 1 amide bonds. The highest BCUT2D eigenvalue weighted by atomic mass is 16.2. The van der Waals surface area contributed by atoms with Gasteiger partial charge in [-0.3, -0.25) is 4.79 Å². The molecule has 108 valence electrons. The van der Waals surface area contributed by atoms with Crippen molar-refractivity contribution in [3.63, 3.8) is 0 Å². The van der Waals surface area contributed by atoms with Crippen LogP contribution in [0.15, 0.2) is 34.9 Å². The first-order valence-electron chi connectivity index (χ1n) is 7.00. The van der Waals surface area contributed by atoms with E-state index in [1.54, 1.807) is 25.1 Å². The third-order valence-corrected chi connectivity index (χ3v) is 2.93. The summed E-state index contributed by atoms with van der Waals surface area (Å²) in [7, 11) is 3.55. The first kappa shape index (κ1) is 17.7. The van der Waals surface area contributed by atoms with Gasteiger partial charge in [-0.1, -0.05) is 28.9 Å². The summed E-state index contributed by atoms with van der Waals surface area (Å²) in [6.07, 6.45) is 10.5. The largest absolute Gasteiger partial charge is 0.345 e. The fourth-order valence-electron chi connectivity index (χ4n) is 1.65. The lowest BCUT2D eigenvalue weighted by Gasteiger charge is -2.07. The minimum absolute atomic E-state index is 0.0711. The second-order valence-corrected chi connectivity index (χ2v) is 5.63. The molecule has 0 heterocycles. The van der Waals surface area contributed by atoms with Crippen LogP contribution in [0.5, 0.6) is 0 Å². The molecule has 0 rings (SSSR count). The summed E-state index contributed by atoms with van der Waals surface area (Å²) in [4.78, 5) is 13.1. The molecule has 0 aliphatic carbocycles. The fourth-order valence-corrected chi connectivity index (χ4v) is 1.65. The number of hydrogen-bond donors (Lipinski definition) is 0. The van der Waals surface area contributed by atoms with Gasteiger partial charge in [0.05, 0.1) is 0 Å². The first-order valence-corrected chi connectivity index (χ1v) is 7.00. The van der Waals surface area contributed by atoms with Gasteiger partial charge in [0.15, 0.2) is 0 Å². The molecule has 0 aromatic carbocycles. The van der Waals surface area contributed by atoms with Crippen LogP contribution in [0.4, 0.5) is 0 Å². The number of carbonyl (C=O) groups is 1. The number of allylic oxidation sites excluding steroid dienone is 5. The smallest absolute Gasteiger partial charge is 0.245 e. The van der Waals surface area contributed by atoms with Gasteiger partial charge in [-0.25, -0.2) is 0 Å². The molecule has 0 N–H and O–H groups in total. The predicted molar refractivity (Wildman–Crippen MR) is 84.1 cm³/mol. The van der Waals surface area contributed by atoms with Gasteiger partial charge in [0.2, 0.25) is 5.91 Å². The molecular formula is C17H29NO. The maximum atomic E-state index is 11.5. The Balaban J connectivity index is 4.06. The average molecular weight is 263 g/mol. The molecule has 0 saturated heterocycles. The third kappa shape index (κ3) is 10.3. The molecule has 19 heavy (non-hydrogen) atoms. The Hall–Kier alpha value is -1.31. The highest BCUT2D eigenvalue weighted by molar-refractivity contribution is 5.87. The van der Waals surface area contributed by atoms with Crippen molar-refractivity contribution < 1.29 is 4.79 Å². The highest BCUT2D eigenvalue weighted by Gasteiger charge is 1.99. The maximum Gasteiger partial charge on any atom is 0.245 e. The molecule has 0 aliphatic heterocycles. The Morgan fingerprint density at radius 3 is 1.95 bits per heavy atom. The summed E-state index contributed by atoms with van der Waals surface area (Å²) in [6.45, 7) is 8.47. The van der Waals surface area contributed by atoms with Crippen molar-refractivity contribution >= 4 is 5.91 Å². The number of amides is 1. The van der Waals surface area contributed by atoms with Crippen LogP contribution in [0.2, 0.25) is 0 Å². The standard InChI is InChI=1S/C17H29NO/c1-14(2)9-7-10-15(3)11-8-12-16(4)13-17(19)18(5)6/h9,11,13H,7-8,10,12H2,1-6H3/b15-11+,16-13+. The van der Waals surface area contributed by atoms with Gasteiger partial charge >= 0.3 is 0 Å². The molecule has 0 atom stereocenters. The van der Waals surface area contributed by atoms with E-state index in [2.05, 4.69) is 32.9 Å². The van der Waals surface area contributed by atoms with Crippen molar-refractivity contribution in [2.75, 3.05) is 14.1 Å². The van der Waals surface area contributed by atoms with E-state index in [1.165, 1.54) is 11.1 Å². The summed E-state index contributed by atoms with van der Waals surface area (Å²) in [5, 5.41) is 0. The summed E-state index contributed by atoms with van der Waals surface area (Å²) in [5.74, 6) is 0.0711. The number of hydrogen-bond acceptors (Lipinski definition) is 1. The lowest BCUT2D eigenvalue weighted by molar-refractivity contribution is -0.123. The Labute approximate surface area is 118 Å². The minimum Gasteiger partial charge on any atom is -0.345 e. The van der Waals surface area contributed by atoms with Gasteiger partial charge in [0, 0.05) is 20.2 Å². The quantitative estimate of drug-likeness (QED) is 0.489. The summed E-state index contributed by atoms with van der Waals surface area (Å²) in [5.41, 5.74) is 3.96. The topological polar surface area (TPSA) is 20.3 Å². The van der Waals surface area contributed by atoms with Crippen molar-refractivity contribution in [3.05, 3.63) is 34.9 Å². The zero-order chi connectivity index (χ0) is 14.8. The van der Waals surface area contributed by atoms with E-state index >= 15 is 0 Å². The van der Waals surface area contributed by atoms with Crippen molar-refractivity contribution in [1.29, 1.82) is 0 Å². The van der Waals surface area contributed by atoms with Gasteiger partial charge in [0.1, 0.15) is 0 Å². The average Bonchev–Trinajstić information content (AvgIpc) is 2.28. The van der Waals surface area contributed by atoms with E-state index < -0.39 is 0 Å². The maximum absolute atomic E-state index is 11.5. The van der Waals surface area contributed by atoms with Crippen LogP contribution >= 0.6 is 0 Å². The van der Waals surface area contributed by atoms with Crippen LogP contribution in [0.3, 0.4) is 0 Å². The zero-order valence-corrected chi connectivity index (χ0v) is 13.4. The van der Waals surface area contributed by atoms with Gasteiger partial charge in [-0.05, 0) is 53.4 Å². The van der Waals surface area contributed by atoms with Crippen LogP contribution < -0.4 is 0 Å². The Morgan fingerprint density at radius 2 is 1.42 bits per heavy atom. The Morgan fingerprint density at radius 1 is 0.895 bits per heavy atom. The molecule has 2 nitrogen and oxygen atoms in total. The second-order valence-electron chi connectivity index (χ2n) is 5.63. The van der Waals surface area contributed by atoms with Crippen LogP contribution in [0.25, 0.3) is 0 Å². The Kier molecular flexibility index (Phi) is 8.94. The van der Waals surface area contributed by atoms with Crippen LogP contribution in [-0.4, -0.2) is 24.9 Å². The normalized spacial score (nSPS) is 12.3. The molecule has 2 heteroatoms. The van der Waals surface area contributed by atoms with Gasteiger partial charge in [0.25, 0.3) is 0 Å². The van der Waals surface area contributed by atoms with Crippen molar-refractivity contribution in [1.82, 2.24) is 4.90 Å². The summed E-state index contributed by atoms with van der Waals surface area (Å²) < 4.78 is 0. The number of nitrogens with zero attached hydrogens (tertiary/aromatic N) is 1. The molecule has 0 fully saturated rings. The van der Waals surface area contributed by atoms with E-state index in [9.17, 15) is 4.79 Å². The molecule has 0 aromatic rings. The van der Waals surface area contributed by atoms with Crippen LogP contribution in [-0.2, 0) is 4.79 Å². The molecule has 0 spiro atoms. The van der Waals surface area contributed by atoms with Gasteiger partial charge in [-0.15, -0.1) is 0 Å². The van der Waals surface area contributed by atoms with E-state index in [0.717, 1.165) is 31.3 Å². The second kappa shape index (κ2) is 9.60. The lowest BCUT2D eigenvalue weighted by Crippen LogP contribution is -2.19. The molecular weight excluding hydrogens is 234 g/mol. The SMILES string of the molecule is CC(C)=CCC/C(C)=C/CC/C(C)=C/C(=O)N(C)C. The lowest BCUT2D eigenvalue weighted by atomic mass is 10.1. The molecule has 0 bridgehead atoms. The van der Waals surface area contributed by atoms with E-state index in [-0.39, 0.29) is 5.91 Å². The van der Waals surface area contributed by atoms with Gasteiger partial charge in [-0.2, -0.15) is 0 Å². The number of rotatable bonds is 7. The van der Waals surface area contributed by atoms with Crippen LogP contribution in [0, 0.1) is 0 Å². The van der Waals surface area contributed by atoms with Crippen molar-refractivity contribution in [3.8, 4) is 0 Å². The molecule has 0 aliphatic rings. The third-order valence-electron chi connectivity index (χ3n) is 2.93. The van der Waals surface area contributed by atoms with E-state index in [4.69, 9.17) is 0 Å². The number of likely N-dealkylation sites (N-methyl/N-ethyl adjacent to an activating group) is 1. The molecule has 0 aromatic heterocycles. The fraction of sp³-hybridized carbons (Fsp3) is 0.588. The molecule has 0 radical (unpaired) electrons. The van der Waals surface area contributed by atoms with Gasteiger partial charge < -0.3 is 4.90 Å². The molecule has 0 saturated carbocycles. The predicted octanol–water partition coefficient (Wildman–Crippen LogP) is 4.49. The summed E-state index contributed by atoms with van der Waals surface area (Å²) in [6, 6.07) is 0.